The minimum Gasteiger partial charge on any atom is -0.388 e. The minimum absolute atomic E-state index is 0.466. The number of aliphatic hydroxyl groups excluding tert-OH is 1. The molecule has 3 aromatic carbocycles. The predicted octanol–water partition coefficient (Wildman–Crippen LogP) is 5.46. The molecule has 1 nitrogen and oxygen atoms in total. The molecular weight excluding hydrogens is 268 g/mol. The second kappa shape index (κ2) is 6.59. The van der Waals surface area contributed by atoms with Gasteiger partial charge in [-0.1, -0.05) is 85.8 Å². The van der Waals surface area contributed by atoms with Crippen molar-refractivity contribution >= 4 is 0 Å². The molecular formula is C21H20O. The summed E-state index contributed by atoms with van der Waals surface area (Å²) in [6.07, 6.45) is 0.232. The molecule has 0 aromatic heterocycles. The lowest BCUT2D eigenvalue weighted by Crippen LogP contribution is -2.01. The highest BCUT2D eigenvalue weighted by atomic mass is 16.3. The van der Waals surface area contributed by atoms with Crippen LogP contribution in [-0.4, -0.2) is 5.11 Å². The molecule has 0 bridgehead atoms. The number of benzene rings is 3. The van der Waals surface area contributed by atoms with E-state index in [0.29, 0.717) is 6.42 Å². The monoisotopic (exact) mass is 288 g/mol. The molecule has 0 aliphatic heterocycles. The number of aliphatic hydroxyl groups is 1. The van der Waals surface area contributed by atoms with E-state index in [2.05, 4.69) is 42.5 Å². The second-order valence-electron chi connectivity index (χ2n) is 5.42. The summed E-state index contributed by atoms with van der Waals surface area (Å²) in [6.45, 7) is 2.02. The lowest BCUT2D eigenvalue weighted by molar-refractivity contribution is 0.175. The maximum atomic E-state index is 10.6. The summed E-state index contributed by atoms with van der Waals surface area (Å²) in [5, 5.41) is 10.6. The molecule has 1 heteroatoms. The van der Waals surface area contributed by atoms with Gasteiger partial charge in [-0.3, -0.25) is 0 Å². The highest BCUT2D eigenvalue weighted by Crippen LogP contribution is 2.37. The van der Waals surface area contributed by atoms with Crippen molar-refractivity contribution in [1.29, 1.82) is 0 Å². The van der Waals surface area contributed by atoms with Crippen LogP contribution in [0, 0.1) is 0 Å². The molecule has 0 heterocycles. The van der Waals surface area contributed by atoms with Crippen molar-refractivity contribution in [1.82, 2.24) is 0 Å². The van der Waals surface area contributed by atoms with E-state index in [1.807, 2.05) is 43.3 Å². The molecule has 110 valence electrons. The van der Waals surface area contributed by atoms with Crippen LogP contribution in [0.2, 0.25) is 0 Å². The van der Waals surface area contributed by atoms with Gasteiger partial charge in [0.15, 0.2) is 0 Å². The summed E-state index contributed by atoms with van der Waals surface area (Å²) in [7, 11) is 0. The summed E-state index contributed by atoms with van der Waals surface area (Å²) in [5.41, 5.74) is 5.51. The maximum absolute atomic E-state index is 10.6. The van der Waals surface area contributed by atoms with E-state index in [4.69, 9.17) is 0 Å². The molecule has 22 heavy (non-hydrogen) atoms. The lowest BCUT2D eigenvalue weighted by Gasteiger charge is -2.19. The van der Waals surface area contributed by atoms with E-state index in [-0.39, 0.29) is 0 Å². The molecule has 0 fully saturated rings. The Morgan fingerprint density at radius 2 is 1.14 bits per heavy atom. The van der Waals surface area contributed by atoms with Crippen molar-refractivity contribution in [3.63, 3.8) is 0 Å². The number of rotatable bonds is 4. The highest BCUT2D eigenvalue weighted by molar-refractivity contribution is 5.79. The van der Waals surface area contributed by atoms with Crippen LogP contribution in [0.3, 0.4) is 0 Å². The zero-order chi connectivity index (χ0) is 15.4. The first-order valence-electron chi connectivity index (χ1n) is 7.73. The number of hydrogen-bond acceptors (Lipinski definition) is 1. The Morgan fingerprint density at radius 1 is 0.682 bits per heavy atom. The van der Waals surface area contributed by atoms with Crippen LogP contribution < -0.4 is 0 Å². The highest BCUT2D eigenvalue weighted by Gasteiger charge is 2.17. The fraction of sp³-hybridized carbons (Fsp3) is 0.143. The zero-order valence-electron chi connectivity index (χ0n) is 12.7. The topological polar surface area (TPSA) is 20.2 Å². The summed E-state index contributed by atoms with van der Waals surface area (Å²) in [5.74, 6) is 0. The van der Waals surface area contributed by atoms with Crippen molar-refractivity contribution < 1.29 is 5.11 Å². The van der Waals surface area contributed by atoms with Crippen LogP contribution >= 0.6 is 0 Å². The molecule has 0 saturated carbocycles. The quantitative estimate of drug-likeness (QED) is 0.675. The van der Waals surface area contributed by atoms with Crippen molar-refractivity contribution in [2.24, 2.45) is 0 Å². The van der Waals surface area contributed by atoms with Gasteiger partial charge < -0.3 is 5.11 Å². The van der Waals surface area contributed by atoms with Gasteiger partial charge in [0.2, 0.25) is 0 Å². The van der Waals surface area contributed by atoms with Crippen molar-refractivity contribution in [3.05, 3.63) is 84.4 Å². The Hall–Kier alpha value is -2.38. The van der Waals surface area contributed by atoms with Gasteiger partial charge in [-0.25, -0.2) is 0 Å². The molecule has 0 saturated heterocycles. The molecule has 0 radical (unpaired) electrons. The van der Waals surface area contributed by atoms with E-state index >= 15 is 0 Å². The van der Waals surface area contributed by atoms with Crippen molar-refractivity contribution in [2.75, 3.05) is 0 Å². The van der Waals surface area contributed by atoms with E-state index < -0.39 is 6.10 Å². The summed E-state index contributed by atoms with van der Waals surface area (Å²) >= 11 is 0. The summed E-state index contributed by atoms with van der Waals surface area (Å²) in [4.78, 5) is 0. The average Bonchev–Trinajstić information content (AvgIpc) is 2.62. The van der Waals surface area contributed by atoms with Gasteiger partial charge in [-0.2, -0.15) is 0 Å². The summed E-state index contributed by atoms with van der Waals surface area (Å²) < 4.78 is 0. The first-order chi connectivity index (χ1) is 10.8. The fourth-order valence-corrected chi connectivity index (χ4v) is 2.87. The van der Waals surface area contributed by atoms with E-state index in [0.717, 1.165) is 27.8 Å². The first-order valence-corrected chi connectivity index (χ1v) is 7.73. The third kappa shape index (κ3) is 2.81. The molecule has 0 aliphatic rings. The predicted molar refractivity (Wildman–Crippen MR) is 92.6 cm³/mol. The molecule has 0 unspecified atom stereocenters. The van der Waals surface area contributed by atoms with Crippen LogP contribution in [-0.2, 0) is 0 Å². The molecule has 3 aromatic rings. The normalized spacial score (nSPS) is 12.1. The Balaban J connectivity index is 2.24. The van der Waals surface area contributed by atoms with Crippen LogP contribution in [0.15, 0.2) is 78.9 Å². The SMILES string of the molecule is CC[C@H](O)c1c(-c2ccccc2)cccc1-c1ccccc1. The van der Waals surface area contributed by atoms with Gasteiger partial charge in [-0.15, -0.1) is 0 Å². The van der Waals surface area contributed by atoms with Crippen molar-refractivity contribution in [3.8, 4) is 22.3 Å². The van der Waals surface area contributed by atoms with E-state index in [9.17, 15) is 5.11 Å². The molecule has 1 N–H and O–H groups in total. The van der Waals surface area contributed by atoms with E-state index in [1.165, 1.54) is 0 Å². The smallest absolute Gasteiger partial charge is 0.0799 e. The molecule has 0 amide bonds. The van der Waals surface area contributed by atoms with Crippen LogP contribution in [0.5, 0.6) is 0 Å². The van der Waals surface area contributed by atoms with Crippen LogP contribution in [0.25, 0.3) is 22.3 Å². The van der Waals surface area contributed by atoms with E-state index in [1.54, 1.807) is 0 Å². The zero-order valence-corrected chi connectivity index (χ0v) is 12.7. The minimum atomic E-state index is -0.466. The van der Waals surface area contributed by atoms with Gasteiger partial charge in [0, 0.05) is 0 Å². The van der Waals surface area contributed by atoms with Gasteiger partial charge >= 0.3 is 0 Å². The maximum Gasteiger partial charge on any atom is 0.0799 e. The standard InChI is InChI=1S/C21H20O/c1-2-20(22)21-18(16-10-5-3-6-11-16)14-9-15-19(21)17-12-7-4-8-13-17/h3-15,20,22H,2H2,1H3/t20-/m0/s1. The third-order valence-electron chi connectivity index (χ3n) is 4.00. The Bertz CT molecular complexity index is 675. The Morgan fingerprint density at radius 3 is 1.55 bits per heavy atom. The number of hydrogen-bond donors (Lipinski definition) is 1. The first kappa shape index (κ1) is 14.6. The van der Waals surface area contributed by atoms with Crippen LogP contribution in [0.1, 0.15) is 25.0 Å². The Labute approximate surface area is 131 Å². The van der Waals surface area contributed by atoms with Crippen molar-refractivity contribution in [2.45, 2.75) is 19.4 Å². The van der Waals surface area contributed by atoms with Gasteiger partial charge in [0.05, 0.1) is 6.10 Å². The van der Waals surface area contributed by atoms with Gasteiger partial charge in [-0.05, 0) is 34.2 Å². The average molecular weight is 288 g/mol. The van der Waals surface area contributed by atoms with Gasteiger partial charge in [0.1, 0.15) is 0 Å². The molecule has 1 atom stereocenters. The largest absolute Gasteiger partial charge is 0.388 e. The fourth-order valence-electron chi connectivity index (χ4n) is 2.87. The summed E-state index contributed by atoms with van der Waals surface area (Å²) in [6, 6.07) is 26.8. The lowest BCUT2D eigenvalue weighted by atomic mass is 9.88. The Kier molecular flexibility index (Phi) is 4.36. The second-order valence-corrected chi connectivity index (χ2v) is 5.42. The molecule has 0 spiro atoms. The third-order valence-corrected chi connectivity index (χ3v) is 4.00. The van der Waals surface area contributed by atoms with Crippen LogP contribution in [0.4, 0.5) is 0 Å². The van der Waals surface area contributed by atoms with Gasteiger partial charge in [0.25, 0.3) is 0 Å². The molecule has 3 rings (SSSR count). The molecule has 0 aliphatic carbocycles.